The predicted molar refractivity (Wildman–Crippen MR) is 64.4 cm³/mol. The number of carboxylic acid groups (broad SMARTS) is 1. The standard InChI is InChI=1S/C10H16N2O.C2H4O2.Na/c1-3-4-8-5-7(2)9(6-11)10(13)12-8;1-2(3)4;/h5H,3-4,6,11H2,1-2H3,(H,12,13);1H3,(H,3,4);/q;;+1/p-1. The number of rotatable bonds is 3. The van der Waals surface area contributed by atoms with Gasteiger partial charge >= 0.3 is 29.6 Å². The topological polar surface area (TPSA) is 99.0 Å². The molecule has 3 N–H and O–H groups in total. The van der Waals surface area contributed by atoms with Crippen LogP contribution >= 0.6 is 0 Å². The Morgan fingerprint density at radius 1 is 1.50 bits per heavy atom. The van der Waals surface area contributed by atoms with Crippen molar-refractivity contribution in [3.63, 3.8) is 0 Å². The van der Waals surface area contributed by atoms with Crippen molar-refractivity contribution in [2.75, 3.05) is 0 Å². The smallest absolute Gasteiger partial charge is 0.550 e. The summed E-state index contributed by atoms with van der Waals surface area (Å²) in [5, 5.41) is 8.89. The summed E-state index contributed by atoms with van der Waals surface area (Å²) in [5.41, 5.74) is 8.11. The Bertz CT molecular complexity index is 426. The number of pyridine rings is 1. The summed E-state index contributed by atoms with van der Waals surface area (Å²) >= 11 is 0. The maximum Gasteiger partial charge on any atom is 1.00 e. The Kier molecular flexibility index (Phi) is 11.3. The van der Waals surface area contributed by atoms with Crippen molar-refractivity contribution in [3.8, 4) is 0 Å². The number of aromatic nitrogens is 1. The number of H-pyrrole nitrogens is 1. The Labute approximate surface area is 129 Å². The number of nitrogens with two attached hydrogens (primary N) is 1. The third-order valence-corrected chi connectivity index (χ3v) is 2.14. The number of aliphatic carboxylic acids is 1. The van der Waals surface area contributed by atoms with Gasteiger partial charge < -0.3 is 20.6 Å². The molecular weight excluding hydrogens is 243 g/mol. The molecule has 1 rings (SSSR count). The minimum atomic E-state index is -1.08. The van der Waals surface area contributed by atoms with E-state index in [0.29, 0.717) is 12.1 Å². The minimum Gasteiger partial charge on any atom is -0.550 e. The van der Waals surface area contributed by atoms with Gasteiger partial charge in [0.25, 0.3) is 5.56 Å². The van der Waals surface area contributed by atoms with Gasteiger partial charge in [-0.05, 0) is 31.9 Å². The third-order valence-electron chi connectivity index (χ3n) is 2.14. The SMILES string of the molecule is CC(=O)[O-].CCCc1cc(C)c(CN)c(=O)[nH]1.[Na+]. The molecule has 0 aliphatic heterocycles. The fourth-order valence-electron chi connectivity index (χ4n) is 1.44. The summed E-state index contributed by atoms with van der Waals surface area (Å²) in [4.78, 5) is 23.2. The molecule has 0 amide bonds. The molecule has 0 bridgehead atoms. The largest absolute Gasteiger partial charge is 1.00 e. The molecule has 5 nitrogen and oxygen atoms in total. The van der Waals surface area contributed by atoms with E-state index in [4.69, 9.17) is 15.6 Å². The molecule has 18 heavy (non-hydrogen) atoms. The third kappa shape index (κ3) is 7.66. The number of hydrogen-bond donors (Lipinski definition) is 2. The van der Waals surface area contributed by atoms with E-state index in [-0.39, 0.29) is 35.1 Å². The monoisotopic (exact) mass is 262 g/mol. The molecule has 0 unspecified atom stereocenters. The van der Waals surface area contributed by atoms with Crippen LogP contribution in [0.3, 0.4) is 0 Å². The van der Waals surface area contributed by atoms with Crippen LogP contribution in [0.15, 0.2) is 10.9 Å². The molecule has 1 aromatic rings. The van der Waals surface area contributed by atoms with E-state index in [1.807, 2.05) is 13.0 Å². The van der Waals surface area contributed by atoms with Crippen molar-refractivity contribution >= 4 is 5.97 Å². The summed E-state index contributed by atoms with van der Waals surface area (Å²) in [7, 11) is 0. The zero-order valence-corrected chi connectivity index (χ0v) is 13.5. The van der Waals surface area contributed by atoms with Gasteiger partial charge in [-0.3, -0.25) is 4.79 Å². The molecule has 0 fully saturated rings. The summed E-state index contributed by atoms with van der Waals surface area (Å²) in [6.07, 6.45) is 1.96. The zero-order valence-electron chi connectivity index (χ0n) is 11.5. The average molecular weight is 262 g/mol. The maximum atomic E-state index is 11.4. The van der Waals surface area contributed by atoms with Crippen molar-refractivity contribution in [2.24, 2.45) is 5.73 Å². The van der Waals surface area contributed by atoms with Gasteiger partial charge in [0.2, 0.25) is 0 Å². The van der Waals surface area contributed by atoms with Gasteiger partial charge in [0.05, 0.1) is 0 Å². The molecule has 1 aromatic heterocycles. The number of nitrogens with one attached hydrogen (secondary N) is 1. The molecule has 0 aliphatic carbocycles. The number of aromatic amines is 1. The van der Waals surface area contributed by atoms with Crippen LogP contribution in [0.25, 0.3) is 0 Å². The fourth-order valence-corrected chi connectivity index (χ4v) is 1.44. The van der Waals surface area contributed by atoms with Crippen LogP contribution in [0.1, 0.15) is 37.1 Å². The average Bonchev–Trinajstić information content (AvgIpc) is 2.16. The summed E-state index contributed by atoms with van der Waals surface area (Å²) in [5.74, 6) is -1.08. The van der Waals surface area contributed by atoms with Crippen molar-refractivity contribution in [3.05, 3.63) is 33.2 Å². The van der Waals surface area contributed by atoms with Gasteiger partial charge in [-0.15, -0.1) is 0 Å². The van der Waals surface area contributed by atoms with Gasteiger partial charge in [-0.25, -0.2) is 0 Å². The van der Waals surface area contributed by atoms with E-state index in [1.165, 1.54) is 0 Å². The fraction of sp³-hybridized carbons (Fsp3) is 0.500. The second kappa shape index (κ2) is 10.3. The number of aryl methyl sites for hydroxylation is 2. The van der Waals surface area contributed by atoms with Crippen molar-refractivity contribution in [1.82, 2.24) is 4.98 Å². The van der Waals surface area contributed by atoms with E-state index >= 15 is 0 Å². The molecule has 0 saturated carbocycles. The van der Waals surface area contributed by atoms with Crippen LogP contribution in [0.2, 0.25) is 0 Å². The van der Waals surface area contributed by atoms with E-state index in [0.717, 1.165) is 31.0 Å². The maximum absolute atomic E-state index is 11.4. The van der Waals surface area contributed by atoms with Gasteiger partial charge in [0.1, 0.15) is 0 Å². The van der Waals surface area contributed by atoms with Crippen LogP contribution in [0.5, 0.6) is 0 Å². The Hall–Kier alpha value is -0.620. The van der Waals surface area contributed by atoms with Crippen LogP contribution in [0.4, 0.5) is 0 Å². The predicted octanol–water partition coefficient (Wildman–Crippen LogP) is -3.15. The summed E-state index contributed by atoms with van der Waals surface area (Å²) < 4.78 is 0. The van der Waals surface area contributed by atoms with Crippen LogP contribution in [0, 0.1) is 6.92 Å². The van der Waals surface area contributed by atoms with Crippen LogP contribution in [-0.2, 0) is 17.8 Å². The summed E-state index contributed by atoms with van der Waals surface area (Å²) in [6.45, 7) is 5.30. The Balaban J connectivity index is 0. The second-order valence-corrected chi connectivity index (χ2v) is 3.73. The molecule has 0 aromatic carbocycles. The van der Waals surface area contributed by atoms with Gasteiger partial charge in [-0.2, -0.15) is 0 Å². The van der Waals surface area contributed by atoms with Crippen molar-refractivity contribution in [2.45, 2.75) is 40.2 Å². The summed E-state index contributed by atoms with van der Waals surface area (Å²) in [6, 6.07) is 2.01. The molecule has 0 aliphatic rings. The van der Waals surface area contributed by atoms with Crippen molar-refractivity contribution in [1.29, 1.82) is 0 Å². The van der Waals surface area contributed by atoms with Crippen LogP contribution in [-0.4, -0.2) is 11.0 Å². The Morgan fingerprint density at radius 3 is 2.33 bits per heavy atom. The second-order valence-electron chi connectivity index (χ2n) is 3.73. The minimum absolute atomic E-state index is 0. The molecule has 96 valence electrons. The molecule has 6 heteroatoms. The molecule has 0 atom stereocenters. The van der Waals surface area contributed by atoms with E-state index in [9.17, 15) is 4.79 Å². The number of hydrogen-bond acceptors (Lipinski definition) is 4. The molecule has 1 heterocycles. The molecule has 0 saturated heterocycles. The van der Waals surface area contributed by atoms with Gasteiger partial charge in [0, 0.05) is 23.8 Å². The first kappa shape index (κ1) is 19.7. The Morgan fingerprint density at radius 2 is 2.00 bits per heavy atom. The number of carbonyl (C=O) groups excluding carboxylic acids is 1. The molecule has 0 spiro atoms. The van der Waals surface area contributed by atoms with E-state index in [1.54, 1.807) is 0 Å². The van der Waals surface area contributed by atoms with Gasteiger partial charge in [-0.1, -0.05) is 13.3 Å². The first-order valence-electron chi connectivity index (χ1n) is 5.51. The normalized spacial score (nSPS) is 8.89. The van der Waals surface area contributed by atoms with Gasteiger partial charge in [0.15, 0.2) is 0 Å². The first-order chi connectivity index (χ1) is 7.92. The molecule has 0 radical (unpaired) electrons. The zero-order chi connectivity index (χ0) is 13.4. The first-order valence-corrected chi connectivity index (χ1v) is 5.51. The number of carboxylic acids is 1. The quantitative estimate of drug-likeness (QED) is 0.562. The van der Waals surface area contributed by atoms with E-state index < -0.39 is 5.97 Å². The van der Waals surface area contributed by atoms with E-state index in [2.05, 4.69) is 11.9 Å². The van der Waals surface area contributed by atoms with Crippen molar-refractivity contribution < 1.29 is 39.5 Å². The molecular formula is C12H19N2NaO3. The number of carbonyl (C=O) groups is 1. The van der Waals surface area contributed by atoms with Crippen LogP contribution < -0.4 is 46.0 Å².